The predicted molar refractivity (Wildman–Crippen MR) is 36.7 cm³/mol. The van der Waals surface area contributed by atoms with Crippen LogP contribution in [-0.4, -0.2) is 18.5 Å². The molecule has 0 heterocycles. The van der Waals surface area contributed by atoms with Crippen molar-refractivity contribution in [3.8, 4) is 0 Å². The Balaban J connectivity index is 1.58. The summed E-state index contributed by atoms with van der Waals surface area (Å²) in [6.45, 7) is 0.901. The van der Waals surface area contributed by atoms with E-state index in [0.717, 1.165) is 12.5 Å². The lowest BCUT2D eigenvalue weighted by molar-refractivity contribution is -0.134. The highest BCUT2D eigenvalue weighted by molar-refractivity contribution is 5.85. The molecule has 0 amide bonds. The van der Waals surface area contributed by atoms with Crippen LogP contribution in [0, 0.1) is 5.92 Å². The summed E-state index contributed by atoms with van der Waals surface area (Å²) >= 11 is 0. The summed E-state index contributed by atoms with van der Waals surface area (Å²) < 4.78 is 5.45. The molecule has 2 fully saturated rings. The van der Waals surface area contributed by atoms with Crippen molar-refractivity contribution in [2.24, 2.45) is 5.92 Å². The fourth-order valence-electron chi connectivity index (χ4n) is 1.12. The highest BCUT2D eigenvalue weighted by Crippen LogP contribution is 2.30. The van der Waals surface area contributed by atoms with Crippen LogP contribution >= 0.6 is 0 Å². The maximum Gasteiger partial charge on any atom is 0.138 e. The van der Waals surface area contributed by atoms with E-state index in [1.165, 1.54) is 12.8 Å². The van der Waals surface area contributed by atoms with Crippen LogP contribution in [0.2, 0.25) is 0 Å². The fraction of sp³-hybridized carbons (Fsp3) is 0.875. The van der Waals surface area contributed by atoms with Crippen molar-refractivity contribution >= 4 is 5.78 Å². The second-order valence-electron chi connectivity index (χ2n) is 3.35. The number of carbonyl (C=O) groups excluding carboxylic acids is 1. The number of Topliss-reactive ketones (excluding diaryl/α,β-unsaturated/α-hetero) is 1. The Labute approximate surface area is 60.6 Å². The Morgan fingerprint density at radius 2 is 2.10 bits per heavy atom. The van der Waals surface area contributed by atoms with Crippen LogP contribution in [0.25, 0.3) is 0 Å². The third-order valence-electron chi connectivity index (χ3n) is 2.18. The molecule has 2 saturated carbocycles. The molecule has 0 N–H and O–H groups in total. The largest absolute Gasteiger partial charge is 0.377 e. The number of ketones is 1. The molecule has 0 saturated heterocycles. The molecule has 2 nitrogen and oxygen atoms in total. The second kappa shape index (κ2) is 2.35. The smallest absolute Gasteiger partial charge is 0.138 e. The van der Waals surface area contributed by atoms with Crippen molar-refractivity contribution in [3.05, 3.63) is 0 Å². The molecule has 56 valence electrons. The zero-order valence-electron chi connectivity index (χ0n) is 6.01. The minimum atomic E-state index is 0.285. The molecular weight excluding hydrogens is 128 g/mol. The van der Waals surface area contributed by atoms with Crippen molar-refractivity contribution < 1.29 is 9.53 Å². The van der Waals surface area contributed by atoms with Gasteiger partial charge >= 0.3 is 0 Å². The van der Waals surface area contributed by atoms with Gasteiger partial charge in [-0.2, -0.15) is 0 Å². The molecule has 0 aliphatic heterocycles. The molecule has 10 heavy (non-hydrogen) atoms. The highest BCUT2D eigenvalue weighted by atomic mass is 16.5. The van der Waals surface area contributed by atoms with Gasteiger partial charge in [-0.25, -0.2) is 0 Å². The van der Waals surface area contributed by atoms with E-state index in [-0.39, 0.29) is 6.10 Å². The molecule has 2 aliphatic carbocycles. The molecule has 0 radical (unpaired) electrons. The topological polar surface area (TPSA) is 26.3 Å². The van der Waals surface area contributed by atoms with E-state index < -0.39 is 0 Å². The minimum Gasteiger partial charge on any atom is -0.377 e. The van der Waals surface area contributed by atoms with Gasteiger partial charge < -0.3 is 4.74 Å². The van der Waals surface area contributed by atoms with Gasteiger partial charge in [0.25, 0.3) is 0 Å². The van der Waals surface area contributed by atoms with Crippen molar-refractivity contribution in [3.63, 3.8) is 0 Å². The lowest BCUT2D eigenvalue weighted by atomic mass is 9.94. The van der Waals surface area contributed by atoms with Crippen LogP contribution in [0.15, 0.2) is 0 Å². The van der Waals surface area contributed by atoms with Gasteiger partial charge in [-0.3, -0.25) is 4.79 Å². The normalized spacial score (nSPS) is 26.6. The summed E-state index contributed by atoms with van der Waals surface area (Å²) in [5, 5.41) is 0. The van der Waals surface area contributed by atoms with E-state index in [0.29, 0.717) is 18.6 Å². The average Bonchev–Trinajstić information content (AvgIpc) is 2.60. The van der Waals surface area contributed by atoms with Crippen LogP contribution in [0.1, 0.15) is 25.7 Å². The van der Waals surface area contributed by atoms with E-state index >= 15 is 0 Å². The molecule has 2 aliphatic rings. The van der Waals surface area contributed by atoms with E-state index in [1.807, 2.05) is 0 Å². The van der Waals surface area contributed by atoms with Gasteiger partial charge in [-0.15, -0.1) is 0 Å². The molecule has 0 unspecified atom stereocenters. The van der Waals surface area contributed by atoms with Crippen LogP contribution in [0.5, 0.6) is 0 Å². The molecular formula is C8H12O2. The molecule has 2 heteroatoms. The quantitative estimate of drug-likeness (QED) is 0.587. The maximum absolute atomic E-state index is 10.5. The van der Waals surface area contributed by atoms with Gasteiger partial charge in [0.15, 0.2) is 0 Å². The Kier molecular flexibility index (Phi) is 1.49. The van der Waals surface area contributed by atoms with Crippen LogP contribution in [-0.2, 0) is 9.53 Å². The van der Waals surface area contributed by atoms with Crippen LogP contribution < -0.4 is 0 Å². The first-order valence-electron chi connectivity index (χ1n) is 3.98. The number of hydrogen-bond acceptors (Lipinski definition) is 2. The first-order valence-corrected chi connectivity index (χ1v) is 3.98. The Bertz CT molecular complexity index is 141. The van der Waals surface area contributed by atoms with Crippen molar-refractivity contribution in [2.75, 3.05) is 6.61 Å². The van der Waals surface area contributed by atoms with Gasteiger partial charge in [-0.1, -0.05) is 0 Å². The van der Waals surface area contributed by atoms with Gasteiger partial charge in [0.2, 0.25) is 0 Å². The number of carbonyl (C=O) groups is 1. The van der Waals surface area contributed by atoms with Crippen molar-refractivity contribution in [1.29, 1.82) is 0 Å². The Morgan fingerprint density at radius 3 is 2.60 bits per heavy atom. The summed E-state index contributed by atoms with van der Waals surface area (Å²) in [5.41, 5.74) is 0. The lowest BCUT2D eigenvalue weighted by Crippen LogP contribution is -2.31. The van der Waals surface area contributed by atoms with E-state index in [1.54, 1.807) is 0 Å². The standard InChI is InChI=1S/C8H12O2/c9-7-3-8(4-7)10-5-6-1-2-6/h6,8H,1-5H2. The zero-order valence-corrected chi connectivity index (χ0v) is 6.01. The third kappa shape index (κ3) is 1.37. The lowest BCUT2D eigenvalue weighted by Gasteiger charge is -2.23. The molecule has 0 aromatic heterocycles. The maximum atomic E-state index is 10.5. The fourth-order valence-corrected chi connectivity index (χ4v) is 1.12. The number of rotatable bonds is 3. The SMILES string of the molecule is O=C1CC(OCC2CC2)C1. The van der Waals surface area contributed by atoms with Gasteiger partial charge in [-0.05, 0) is 18.8 Å². The highest BCUT2D eigenvalue weighted by Gasteiger charge is 2.29. The van der Waals surface area contributed by atoms with Crippen molar-refractivity contribution in [1.82, 2.24) is 0 Å². The molecule has 0 aromatic rings. The van der Waals surface area contributed by atoms with Crippen LogP contribution in [0.3, 0.4) is 0 Å². The monoisotopic (exact) mass is 140 g/mol. The van der Waals surface area contributed by atoms with Crippen molar-refractivity contribution in [2.45, 2.75) is 31.8 Å². The second-order valence-corrected chi connectivity index (χ2v) is 3.35. The summed E-state index contributed by atoms with van der Waals surface area (Å²) in [6, 6.07) is 0. The van der Waals surface area contributed by atoms with Gasteiger partial charge in [0.1, 0.15) is 5.78 Å². The third-order valence-corrected chi connectivity index (χ3v) is 2.18. The summed E-state index contributed by atoms with van der Waals surface area (Å²) in [7, 11) is 0. The first kappa shape index (κ1) is 6.35. The first-order chi connectivity index (χ1) is 4.84. The minimum absolute atomic E-state index is 0.285. The van der Waals surface area contributed by atoms with E-state index in [9.17, 15) is 4.79 Å². The Hall–Kier alpha value is -0.370. The summed E-state index contributed by atoms with van der Waals surface area (Å²) in [4.78, 5) is 10.5. The van der Waals surface area contributed by atoms with E-state index in [2.05, 4.69) is 0 Å². The number of hydrogen-bond donors (Lipinski definition) is 0. The molecule has 0 atom stereocenters. The summed E-state index contributed by atoms with van der Waals surface area (Å²) in [6.07, 6.45) is 4.30. The van der Waals surface area contributed by atoms with Crippen LogP contribution in [0.4, 0.5) is 0 Å². The number of ether oxygens (including phenoxy) is 1. The molecule has 0 bridgehead atoms. The average molecular weight is 140 g/mol. The Morgan fingerprint density at radius 1 is 1.40 bits per heavy atom. The molecule has 2 rings (SSSR count). The van der Waals surface area contributed by atoms with Gasteiger partial charge in [0.05, 0.1) is 6.10 Å². The molecule has 0 aromatic carbocycles. The van der Waals surface area contributed by atoms with Gasteiger partial charge in [0, 0.05) is 19.4 Å². The zero-order chi connectivity index (χ0) is 6.97. The van der Waals surface area contributed by atoms with E-state index in [4.69, 9.17) is 4.74 Å². The molecule has 0 spiro atoms. The summed E-state index contributed by atoms with van der Waals surface area (Å²) in [5.74, 6) is 1.19. The predicted octanol–water partition coefficient (Wildman–Crippen LogP) is 1.14.